The van der Waals surface area contributed by atoms with E-state index in [-0.39, 0.29) is 24.1 Å². The van der Waals surface area contributed by atoms with Gasteiger partial charge in [-0.2, -0.15) is 0 Å². The molecule has 0 aliphatic heterocycles. The lowest BCUT2D eigenvalue weighted by Gasteiger charge is -2.35. The van der Waals surface area contributed by atoms with Gasteiger partial charge in [0.1, 0.15) is 23.9 Å². The molecule has 0 bridgehead atoms. The molecule has 1 atom stereocenters. The number of para-hydroxylation sites is 2. The lowest BCUT2D eigenvalue weighted by atomic mass is 9.97. The number of hydrogen-bond donors (Lipinski definition) is 1. The molecule has 0 radical (unpaired) electrons. The molecule has 0 fully saturated rings. The third-order valence-corrected chi connectivity index (χ3v) is 6.89. The van der Waals surface area contributed by atoms with Crippen LogP contribution in [0.2, 0.25) is 0 Å². The number of Topliss-reactive ketones (excluding diaryl/α,β-unsaturated/α-hetero) is 1. The zero-order chi connectivity index (χ0) is 28.9. The van der Waals surface area contributed by atoms with Crippen molar-refractivity contribution in [1.29, 1.82) is 0 Å². The molecule has 0 saturated heterocycles. The Hall–Kier alpha value is -4.53. The summed E-state index contributed by atoms with van der Waals surface area (Å²) >= 11 is 0. The SMILES string of the molecule is CCOc1ccccc1[C@H](C(=O)NC(C)(C)CC)N(C(=O)Cn1nnc2ccccc21)c1ccc(C(C)=O)cc1. The van der Waals surface area contributed by atoms with Crippen LogP contribution in [0.5, 0.6) is 5.75 Å². The number of benzene rings is 3. The van der Waals surface area contributed by atoms with Gasteiger partial charge in [-0.05, 0) is 76.6 Å². The second-order valence-corrected chi connectivity index (χ2v) is 10.2. The summed E-state index contributed by atoms with van der Waals surface area (Å²) in [4.78, 5) is 41.8. The van der Waals surface area contributed by atoms with E-state index in [2.05, 4.69) is 15.6 Å². The summed E-state index contributed by atoms with van der Waals surface area (Å²) in [5.41, 5.74) is 2.34. The molecule has 9 heteroatoms. The second-order valence-electron chi connectivity index (χ2n) is 10.2. The molecule has 4 aromatic rings. The van der Waals surface area contributed by atoms with Gasteiger partial charge in [0.05, 0.1) is 12.1 Å². The zero-order valence-electron chi connectivity index (χ0n) is 23.5. The first-order chi connectivity index (χ1) is 19.1. The Morgan fingerprint density at radius 3 is 2.33 bits per heavy atom. The Balaban J connectivity index is 1.88. The predicted molar refractivity (Wildman–Crippen MR) is 154 cm³/mol. The van der Waals surface area contributed by atoms with E-state index in [1.54, 1.807) is 36.4 Å². The van der Waals surface area contributed by atoms with E-state index in [0.717, 1.165) is 0 Å². The second kappa shape index (κ2) is 12.1. The lowest BCUT2D eigenvalue weighted by molar-refractivity contribution is -0.128. The number of nitrogens with one attached hydrogen (secondary N) is 1. The van der Waals surface area contributed by atoms with Gasteiger partial charge in [-0.15, -0.1) is 5.10 Å². The summed E-state index contributed by atoms with van der Waals surface area (Å²) in [7, 11) is 0. The molecule has 1 heterocycles. The minimum absolute atomic E-state index is 0.0980. The van der Waals surface area contributed by atoms with E-state index in [9.17, 15) is 14.4 Å². The summed E-state index contributed by atoms with van der Waals surface area (Å²) in [6.07, 6.45) is 0.685. The highest BCUT2D eigenvalue weighted by molar-refractivity contribution is 6.02. The number of amides is 2. The highest BCUT2D eigenvalue weighted by Gasteiger charge is 2.37. The molecule has 0 saturated carbocycles. The Morgan fingerprint density at radius 1 is 0.975 bits per heavy atom. The van der Waals surface area contributed by atoms with Crippen molar-refractivity contribution < 1.29 is 19.1 Å². The Kier molecular flexibility index (Phi) is 8.62. The number of ether oxygens (including phenoxy) is 1. The van der Waals surface area contributed by atoms with E-state index in [1.807, 2.05) is 64.1 Å². The molecule has 1 N–H and O–H groups in total. The van der Waals surface area contributed by atoms with Gasteiger partial charge >= 0.3 is 0 Å². The van der Waals surface area contributed by atoms with Crippen molar-refractivity contribution in [2.24, 2.45) is 0 Å². The first-order valence-corrected chi connectivity index (χ1v) is 13.4. The number of aromatic nitrogens is 3. The summed E-state index contributed by atoms with van der Waals surface area (Å²) in [5, 5.41) is 11.5. The van der Waals surface area contributed by atoms with E-state index >= 15 is 0 Å². The van der Waals surface area contributed by atoms with Crippen molar-refractivity contribution in [3.63, 3.8) is 0 Å². The summed E-state index contributed by atoms with van der Waals surface area (Å²) in [6, 6.07) is 20.2. The van der Waals surface area contributed by atoms with Crippen LogP contribution in [0, 0.1) is 0 Å². The Morgan fingerprint density at radius 2 is 1.65 bits per heavy atom. The number of ketones is 1. The quantitative estimate of drug-likeness (QED) is 0.265. The molecule has 1 aromatic heterocycles. The van der Waals surface area contributed by atoms with E-state index in [0.29, 0.717) is 46.6 Å². The maximum absolute atomic E-state index is 14.2. The van der Waals surface area contributed by atoms with Crippen LogP contribution < -0.4 is 15.0 Å². The zero-order valence-corrected chi connectivity index (χ0v) is 23.5. The molecule has 4 rings (SSSR count). The molecule has 0 unspecified atom stereocenters. The molecule has 2 amide bonds. The number of rotatable bonds is 11. The topological polar surface area (TPSA) is 106 Å². The van der Waals surface area contributed by atoms with Gasteiger partial charge in [0, 0.05) is 22.4 Å². The van der Waals surface area contributed by atoms with Crippen molar-refractivity contribution >= 4 is 34.3 Å². The van der Waals surface area contributed by atoms with Crippen LogP contribution in [0.15, 0.2) is 72.8 Å². The molecule has 0 spiro atoms. The number of fused-ring (bicyclic) bond motifs is 1. The largest absolute Gasteiger partial charge is 0.493 e. The van der Waals surface area contributed by atoms with Gasteiger partial charge in [-0.25, -0.2) is 4.68 Å². The predicted octanol–water partition coefficient (Wildman–Crippen LogP) is 5.11. The van der Waals surface area contributed by atoms with Crippen LogP contribution in [-0.2, 0) is 16.1 Å². The molecule has 0 aliphatic carbocycles. The molecule has 208 valence electrons. The molecule has 3 aromatic carbocycles. The van der Waals surface area contributed by atoms with Gasteiger partial charge in [0.25, 0.3) is 0 Å². The third kappa shape index (κ3) is 6.20. The molecule has 40 heavy (non-hydrogen) atoms. The van der Waals surface area contributed by atoms with Gasteiger partial charge in [0.15, 0.2) is 5.78 Å². The Bertz CT molecular complexity index is 1510. The van der Waals surface area contributed by atoms with Gasteiger partial charge in [0.2, 0.25) is 11.8 Å². The molecular formula is C31H35N5O4. The van der Waals surface area contributed by atoms with Gasteiger partial charge in [-0.1, -0.05) is 42.5 Å². The number of carbonyl (C=O) groups is 3. The van der Waals surface area contributed by atoms with E-state index in [1.165, 1.54) is 16.5 Å². The maximum atomic E-state index is 14.2. The fourth-order valence-electron chi connectivity index (χ4n) is 4.41. The average molecular weight is 542 g/mol. The van der Waals surface area contributed by atoms with Gasteiger partial charge in [-0.3, -0.25) is 19.3 Å². The average Bonchev–Trinajstić information content (AvgIpc) is 3.34. The fourth-order valence-corrected chi connectivity index (χ4v) is 4.41. The van der Waals surface area contributed by atoms with Crippen molar-refractivity contribution in [3.8, 4) is 5.75 Å². The third-order valence-electron chi connectivity index (χ3n) is 6.89. The van der Waals surface area contributed by atoms with Crippen molar-refractivity contribution in [1.82, 2.24) is 20.3 Å². The standard InChI is InChI=1S/C31H35N5O4/c1-6-31(4,5)32-30(39)29(24-12-8-11-15-27(24)40-7-2)36(23-18-16-22(17-19-23)21(3)37)28(38)20-35-26-14-10-9-13-25(26)33-34-35/h8-19,29H,6-7,20H2,1-5H3,(H,32,39)/t29-/m1/s1. The number of hydrogen-bond acceptors (Lipinski definition) is 6. The Labute approximate surface area is 234 Å². The van der Waals surface area contributed by atoms with Crippen molar-refractivity contribution in [3.05, 3.63) is 83.9 Å². The maximum Gasteiger partial charge on any atom is 0.249 e. The fraction of sp³-hybridized carbons (Fsp3) is 0.323. The monoisotopic (exact) mass is 541 g/mol. The smallest absolute Gasteiger partial charge is 0.249 e. The number of nitrogens with zero attached hydrogens (tertiary/aromatic N) is 4. The van der Waals surface area contributed by atoms with Crippen LogP contribution in [0.1, 0.15) is 63.0 Å². The minimum atomic E-state index is -1.07. The first-order valence-electron chi connectivity index (χ1n) is 13.4. The van der Waals surface area contributed by atoms with Crippen LogP contribution in [0.4, 0.5) is 5.69 Å². The van der Waals surface area contributed by atoms with Crippen LogP contribution in [-0.4, -0.2) is 44.7 Å². The van der Waals surface area contributed by atoms with Crippen molar-refractivity contribution in [2.75, 3.05) is 11.5 Å². The van der Waals surface area contributed by atoms with E-state index in [4.69, 9.17) is 4.74 Å². The van der Waals surface area contributed by atoms with Gasteiger partial charge < -0.3 is 10.1 Å². The normalized spacial score (nSPS) is 12.1. The summed E-state index contributed by atoms with van der Waals surface area (Å²) in [6.45, 7) is 9.44. The lowest BCUT2D eigenvalue weighted by Crippen LogP contribution is -2.51. The summed E-state index contributed by atoms with van der Waals surface area (Å²) < 4.78 is 7.44. The highest BCUT2D eigenvalue weighted by Crippen LogP contribution is 2.35. The highest BCUT2D eigenvalue weighted by atomic mass is 16.5. The molecular weight excluding hydrogens is 506 g/mol. The first kappa shape index (κ1) is 28.5. The summed E-state index contributed by atoms with van der Waals surface area (Å²) in [5.74, 6) is -0.332. The van der Waals surface area contributed by atoms with E-state index < -0.39 is 11.6 Å². The number of anilines is 1. The van der Waals surface area contributed by atoms with Crippen LogP contribution in [0.3, 0.4) is 0 Å². The molecule has 9 nitrogen and oxygen atoms in total. The minimum Gasteiger partial charge on any atom is -0.493 e. The van der Waals surface area contributed by atoms with Crippen LogP contribution in [0.25, 0.3) is 11.0 Å². The van der Waals surface area contributed by atoms with Crippen molar-refractivity contribution in [2.45, 2.75) is 59.2 Å². The molecule has 0 aliphatic rings. The number of carbonyl (C=O) groups excluding carboxylic acids is 3. The van der Waals surface area contributed by atoms with Crippen LogP contribution >= 0.6 is 0 Å².